The van der Waals surface area contributed by atoms with Crippen LogP contribution in [0, 0.1) is 17.8 Å². The molecule has 1 heterocycles. The first-order valence-corrected chi connectivity index (χ1v) is 8.43. The summed E-state index contributed by atoms with van der Waals surface area (Å²) in [5, 5.41) is 6.25. The molecule has 0 radical (unpaired) electrons. The highest BCUT2D eigenvalue weighted by Gasteiger charge is 2.41. The molecule has 1 unspecified atom stereocenters. The Balaban J connectivity index is 0.00000264. The summed E-state index contributed by atoms with van der Waals surface area (Å²) in [5.74, 6) is -0.266. The molecular weight excluding hydrogens is 329 g/mol. The van der Waals surface area contributed by atoms with Gasteiger partial charge >= 0.3 is 6.18 Å². The maximum atomic E-state index is 12.6. The molecular formula is C16H28ClF3N2O. The van der Waals surface area contributed by atoms with Crippen LogP contribution < -0.4 is 10.6 Å². The summed E-state index contributed by atoms with van der Waals surface area (Å²) in [6, 6.07) is -0.0775. The quantitative estimate of drug-likeness (QED) is 0.807. The molecule has 2 fully saturated rings. The van der Waals surface area contributed by atoms with Gasteiger partial charge in [-0.25, -0.2) is 0 Å². The Morgan fingerprint density at radius 2 is 1.70 bits per heavy atom. The summed E-state index contributed by atoms with van der Waals surface area (Å²) >= 11 is 0. The topological polar surface area (TPSA) is 41.1 Å². The van der Waals surface area contributed by atoms with Crippen LogP contribution in [0.5, 0.6) is 0 Å². The van der Waals surface area contributed by atoms with Crippen molar-refractivity contribution in [3.63, 3.8) is 0 Å². The number of carbonyl (C=O) groups is 1. The third kappa shape index (κ3) is 6.49. The largest absolute Gasteiger partial charge is 0.391 e. The molecule has 2 aliphatic rings. The third-order valence-corrected chi connectivity index (χ3v) is 5.25. The van der Waals surface area contributed by atoms with E-state index in [0.717, 1.165) is 25.9 Å². The number of hydrogen-bond donors (Lipinski definition) is 2. The Bertz CT molecular complexity index is 365. The van der Waals surface area contributed by atoms with Gasteiger partial charge in [0.05, 0.1) is 5.92 Å². The molecule has 2 N–H and O–H groups in total. The van der Waals surface area contributed by atoms with Crippen molar-refractivity contribution < 1.29 is 18.0 Å². The molecule has 2 rings (SSSR count). The van der Waals surface area contributed by atoms with Crippen LogP contribution in [0.15, 0.2) is 0 Å². The van der Waals surface area contributed by atoms with Crippen molar-refractivity contribution in [2.45, 2.75) is 64.1 Å². The summed E-state index contributed by atoms with van der Waals surface area (Å²) < 4.78 is 37.8. The zero-order valence-electron chi connectivity index (χ0n) is 13.6. The van der Waals surface area contributed by atoms with Gasteiger partial charge in [-0.3, -0.25) is 4.79 Å². The smallest absolute Gasteiger partial charge is 0.353 e. The Kier molecular flexibility index (Phi) is 8.14. The van der Waals surface area contributed by atoms with E-state index >= 15 is 0 Å². The second kappa shape index (κ2) is 9.11. The Morgan fingerprint density at radius 3 is 2.22 bits per heavy atom. The molecule has 1 saturated carbocycles. The minimum Gasteiger partial charge on any atom is -0.353 e. The lowest BCUT2D eigenvalue weighted by Gasteiger charge is -2.31. The zero-order valence-corrected chi connectivity index (χ0v) is 14.4. The molecule has 1 aliphatic carbocycles. The number of alkyl halides is 3. The van der Waals surface area contributed by atoms with Gasteiger partial charge < -0.3 is 10.6 Å². The van der Waals surface area contributed by atoms with Crippen molar-refractivity contribution in [2.75, 3.05) is 13.1 Å². The van der Waals surface area contributed by atoms with Crippen LogP contribution in [0.25, 0.3) is 0 Å². The summed E-state index contributed by atoms with van der Waals surface area (Å²) in [4.78, 5) is 12.1. The maximum Gasteiger partial charge on any atom is 0.391 e. The molecule has 7 heteroatoms. The van der Waals surface area contributed by atoms with Gasteiger partial charge in [-0.1, -0.05) is 6.92 Å². The molecule has 0 aromatic carbocycles. The molecule has 3 nitrogen and oxygen atoms in total. The van der Waals surface area contributed by atoms with Crippen LogP contribution in [0.2, 0.25) is 0 Å². The van der Waals surface area contributed by atoms with Gasteiger partial charge in [0.1, 0.15) is 0 Å². The van der Waals surface area contributed by atoms with Crippen LogP contribution in [-0.2, 0) is 4.79 Å². The molecule has 23 heavy (non-hydrogen) atoms. The summed E-state index contributed by atoms with van der Waals surface area (Å²) in [6.45, 7) is 4.13. The highest BCUT2D eigenvalue weighted by Crippen LogP contribution is 2.37. The monoisotopic (exact) mass is 356 g/mol. The molecule has 0 aromatic heterocycles. The minimum absolute atomic E-state index is 0. The van der Waals surface area contributed by atoms with Gasteiger partial charge in [-0.05, 0) is 63.5 Å². The Morgan fingerprint density at radius 1 is 1.13 bits per heavy atom. The Hall–Kier alpha value is -0.490. The molecule has 0 aromatic rings. The van der Waals surface area contributed by atoms with Crippen molar-refractivity contribution in [3.8, 4) is 0 Å². The van der Waals surface area contributed by atoms with Crippen molar-refractivity contribution in [2.24, 2.45) is 17.8 Å². The highest BCUT2D eigenvalue weighted by molar-refractivity contribution is 5.85. The van der Waals surface area contributed by atoms with Crippen molar-refractivity contribution >= 4 is 18.3 Å². The number of rotatable bonds is 4. The van der Waals surface area contributed by atoms with E-state index in [0.29, 0.717) is 31.1 Å². The van der Waals surface area contributed by atoms with Crippen molar-refractivity contribution in [3.05, 3.63) is 0 Å². The molecule has 0 spiro atoms. The first-order chi connectivity index (χ1) is 10.4. The van der Waals surface area contributed by atoms with E-state index in [2.05, 4.69) is 17.6 Å². The highest BCUT2D eigenvalue weighted by atomic mass is 35.5. The number of hydrogen-bond acceptors (Lipinski definition) is 2. The SMILES string of the molecule is CC(CC(=O)NC1CCC(C(F)(F)F)CC1)C1CCNCC1.Cl. The first kappa shape index (κ1) is 20.6. The standard InChI is InChI=1S/C16H27F3N2O.ClH/c1-11(12-6-8-20-9-7-12)10-15(22)21-14-4-2-13(3-5-14)16(17,18)19;/h11-14,20H,2-10H2,1H3,(H,21,22);1H. The Labute approximate surface area is 142 Å². The van der Waals surface area contributed by atoms with Gasteiger partial charge in [0.25, 0.3) is 0 Å². The van der Waals surface area contributed by atoms with Crippen LogP contribution in [0.3, 0.4) is 0 Å². The second-order valence-corrected chi connectivity index (χ2v) is 6.93. The van der Waals surface area contributed by atoms with E-state index < -0.39 is 12.1 Å². The molecule has 1 atom stereocenters. The lowest BCUT2D eigenvalue weighted by molar-refractivity contribution is -0.182. The first-order valence-electron chi connectivity index (χ1n) is 8.43. The lowest BCUT2D eigenvalue weighted by atomic mass is 9.83. The van der Waals surface area contributed by atoms with Gasteiger partial charge in [0.2, 0.25) is 5.91 Å². The lowest BCUT2D eigenvalue weighted by Crippen LogP contribution is -2.41. The second-order valence-electron chi connectivity index (χ2n) is 6.93. The van der Waals surface area contributed by atoms with Crippen LogP contribution in [0.1, 0.15) is 51.9 Å². The normalized spacial score (nSPS) is 27.8. The number of nitrogens with one attached hydrogen (secondary N) is 2. The van der Waals surface area contributed by atoms with Gasteiger partial charge in [-0.2, -0.15) is 13.2 Å². The number of amides is 1. The summed E-state index contributed by atoms with van der Waals surface area (Å²) in [7, 11) is 0. The van der Waals surface area contributed by atoms with E-state index in [9.17, 15) is 18.0 Å². The minimum atomic E-state index is -4.08. The summed E-state index contributed by atoms with van der Waals surface area (Å²) in [5.41, 5.74) is 0. The molecule has 136 valence electrons. The fourth-order valence-electron chi connectivity index (χ4n) is 3.72. The molecule has 1 saturated heterocycles. The number of halogens is 4. The van der Waals surface area contributed by atoms with E-state index in [4.69, 9.17) is 0 Å². The van der Waals surface area contributed by atoms with Crippen LogP contribution >= 0.6 is 12.4 Å². The number of piperidine rings is 1. The fourth-order valence-corrected chi connectivity index (χ4v) is 3.72. The summed E-state index contributed by atoms with van der Waals surface area (Å²) in [6.07, 6.45) is -0.232. The van der Waals surface area contributed by atoms with Crippen molar-refractivity contribution in [1.82, 2.24) is 10.6 Å². The molecule has 1 aliphatic heterocycles. The average molecular weight is 357 g/mol. The van der Waals surface area contributed by atoms with Gasteiger partial charge in [0.15, 0.2) is 0 Å². The van der Waals surface area contributed by atoms with E-state index in [1.807, 2.05) is 0 Å². The fraction of sp³-hybridized carbons (Fsp3) is 0.938. The molecule has 1 amide bonds. The number of carbonyl (C=O) groups excluding carboxylic acids is 1. The molecule has 0 bridgehead atoms. The predicted molar refractivity (Wildman–Crippen MR) is 86.6 cm³/mol. The van der Waals surface area contributed by atoms with E-state index in [1.165, 1.54) is 0 Å². The zero-order chi connectivity index (χ0) is 16.2. The van der Waals surface area contributed by atoms with E-state index in [1.54, 1.807) is 0 Å². The average Bonchev–Trinajstić information content (AvgIpc) is 2.47. The van der Waals surface area contributed by atoms with Crippen LogP contribution in [-0.4, -0.2) is 31.2 Å². The van der Waals surface area contributed by atoms with Gasteiger partial charge in [-0.15, -0.1) is 12.4 Å². The van der Waals surface area contributed by atoms with E-state index in [-0.39, 0.29) is 37.2 Å². The van der Waals surface area contributed by atoms with Gasteiger partial charge in [0, 0.05) is 12.5 Å². The predicted octanol–water partition coefficient (Wildman–Crippen LogP) is 3.67. The van der Waals surface area contributed by atoms with Crippen molar-refractivity contribution in [1.29, 1.82) is 0 Å². The third-order valence-electron chi connectivity index (χ3n) is 5.25. The maximum absolute atomic E-state index is 12.6. The van der Waals surface area contributed by atoms with Crippen LogP contribution in [0.4, 0.5) is 13.2 Å².